The summed E-state index contributed by atoms with van der Waals surface area (Å²) in [6.07, 6.45) is 8.46. The van der Waals surface area contributed by atoms with E-state index in [4.69, 9.17) is 4.74 Å². The Morgan fingerprint density at radius 2 is 2.29 bits per heavy atom. The van der Waals surface area contributed by atoms with Crippen LogP contribution in [-0.2, 0) is 4.74 Å². The van der Waals surface area contributed by atoms with Gasteiger partial charge < -0.3 is 9.72 Å². The quantitative estimate of drug-likeness (QED) is 0.858. The fourth-order valence-corrected chi connectivity index (χ4v) is 2.94. The smallest absolute Gasteiger partial charge is 0.0583 e. The van der Waals surface area contributed by atoms with Crippen molar-refractivity contribution >= 4 is 0 Å². The van der Waals surface area contributed by atoms with Gasteiger partial charge in [-0.1, -0.05) is 0 Å². The summed E-state index contributed by atoms with van der Waals surface area (Å²) in [6.45, 7) is 1.91. The predicted octanol–water partition coefficient (Wildman–Crippen LogP) is 2.23. The summed E-state index contributed by atoms with van der Waals surface area (Å²) in [7, 11) is 0. The lowest BCUT2D eigenvalue weighted by Gasteiger charge is -2.53. The Balaban J connectivity index is 1.52. The SMILES string of the molecule is c1c[nH]c(-c2cnn(C3CC4(COC4)C3)c2)c1. The first kappa shape index (κ1) is 9.48. The number of ether oxygens (including phenoxy) is 1. The second kappa shape index (κ2) is 3.23. The van der Waals surface area contributed by atoms with E-state index in [1.54, 1.807) is 0 Å². The maximum atomic E-state index is 5.29. The van der Waals surface area contributed by atoms with E-state index in [9.17, 15) is 0 Å². The van der Waals surface area contributed by atoms with Crippen LogP contribution in [0.15, 0.2) is 30.7 Å². The Hall–Kier alpha value is -1.55. The van der Waals surface area contributed by atoms with Gasteiger partial charge in [0.25, 0.3) is 0 Å². The zero-order chi connectivity index (χ0) is 11.3. The van der Waals surface area contributed by atoms with Crippen LogP contribution in [0.25, 0.3) is 11.3 Å². The molecule has 1 N–H and O–H groups in total. The van der Waals surface area contributed by atoms with Crippen molar-refractivity contribution in [2.45, 2.75) is 18.9 Å². The lowest BCUT2D eigenvalue weighted by Crippen LogP contribution is -2.52. The first-order valence-electron chi connectivity index (χ1n) is 6.10. The number of nitrogens with zero attached hydrogens (tertiary/aromatic N) is 2. The maximum absolute atomic E-state index is 5.29. The summed E-state index contributed by atoms with van der Waals surface area (Å²) in [5.74, 6) is 0. The van der Waals surface area contributed by atoms with Gasteiger partial charge in [-0.3, -0.25) is 4.68 Å². The first-order valence-corrected chi connectivity index (χ1v) is 6.10. The summed E-state index contributed by atoms with van der Waals surface area (Å²) in [4.78, 5) is 3.21. The molecular formula is C13H15N3O. The molecule has 0 radical (unpaired) electrons. The predicted molar refractivity (Wildman–Crippen MR) is 63.5 cm³/mol. The van der Waals surface area contributed by atoms with Crippen LogP contribution in [0.1, 0.15) is 18.9 Å². The average Bonchev–Trinajstić information content (AvgIpc) is 2.82. The van der Waals surface area contributed by atoms with Crippen molar-refractivity contribution in [3.05, 3.63) is 30.7 Å². The van der Waals surface area contributed by atoms with Crippen molar-refractivity contribution < 1.29 is 4.74 Å². The highest BCUT2D eigenvalue weighted by molar-refractivity contribution is 5.56. The first-order chi connectivity index (χ1) is 8.35. The van der Waals surface area contributed by atoms with Gasteiger partial charge >= 0.3 is 0 Å². The molecule has 3 heterocycles. The van der Waals surface area contributed by atoms with Crippen LogP contribution in [0.4, 0.5) is 0 Å². The fourth-order valence-electron chi connectivity index (χ4n) is 2.94. The monoisotopic (exact) mass is 229 g/mol. The Labute approximate surface area is 99.6 Å². The lowest BCUT2D eigenvalue weighted by atomic mass is 9.64. The Bertz CT molecular complexity index is 517. The van der Waals surface area contributed by atoms with Crippen LogP contribution in [0.3, 0.4) is 0 Å². The van der Waals surface area contributed by atoms with E-state index in [1.807, 2.05) is 18.5 Å². The number of aromatic nitrogens is 3. The lowest BCUT2D eigenvalue weighted by molar-refractivity contribution is -0.175. The highest BCUT2D eigenvalue weighted by Crippen LogP contribution is 2.52. The third-order valence-corrected chi connectivity index (χ3v) is 4.04. The van der Waals surface area contributed by atoms with E-state index >= 15 is 0 Å². The van der Waals surface area contributed by atoms with Gasteiger partial charge in [-0.25, -0.2) is 0 Å². The molecular weight excluding hydrogens is 214 g/mol. The van der Waals surface area contributed by atoms with Crippen LogP contribution in [0.2, 0.25) is 0 Å². The van der Waals surface area contributed by atoms with E-state index in [1.165, 1.54) is 18.4 Å². The number of aromatic amines is 1. The van der Waals surface area contributed by atoms with Gasteiger partial charge in [0.05, 0.1) is 25.5 Å². The number of rotatable bonds is 2. The van der Waals surface area contributed by atoms with Gasteiger partial charge in [-0.2, -0.15) is 5.10 Å². The van der Waals surface area contributed by atoms with E-state index < -0.39 is 0 Å². The maximum Gasteiger partial charge on any atom is 0.0583 e. The summed E-state index contributed by atoms with van der Waals surface area (Å²) >= 11 is 0. The van der Waals surface area contributed by atoms with Crippen molar-refractivity contribution in [2.24, 2.45) is 5.41 Å². The van der Waals surface area contributed by atoms with Crippen LogP contribution in [0.5, 0.6) is 0 Å². The van der Waals surface area contributed by atoms with Gasteiger partial charge in [0.1, 0.15) is 0 Å². The largest absolute Gasteiger partial charge is 0.380 e. The minimum absolute atomic E-state index is 0.503. The molecule has 1 saturated carbocycles. The van der Waals surface area contributed by atoms with Crippen LogP contribution >= 0.6 is 0 Å². The van der Waals surface area contributed by atoms with Gasteiger partial charge in [0, 0.05) is 29.1 Å². The second-order valence-electron chi connectivity index (χ2n) is 5.35. The number of nitrogens with one attached hydrogen (secondary N) is 1. The van der Waals surface area contributed by atoms with Crippen molar-refractivity contribution in [1.29, 1.82) is 0 Å². The van der Waals surface area contributed by atoms with Crippen LogP contribution in [0, 0.1) is 5.41 Å². The summed E-state index contributed by atoms with van der Waals surface area (Å²) in [5.41, 5.74) is 2.81. The van der Waals surface area contributed by atoms with E-state index in [0.717, 1.165) is 18.9 Å². The number of hydrogen-bond donors (Lipinski definition) is 1. The molecule has 1 aliphatic carbocycles. The zero-order valence-corrected chi connectivity index (χ0v) is 9.60. The van der Waals surface area contributed by atoms with Crippen LogP contribution < -0.4 is 0 Å². The molecule has 0 aromatic carbocycles. The third kappa shape index (κ3) is 1.37. The Morgan fingerprint density at radius 1 is 1.41 bits per heavy atom. The second-order valence-corrected chi connectivity index (χ2v) is 5.35. The topological polar surface area (TPSA) is 42.8 Å². The fraction of sp³-hybridized carbons (Fsp3) is 0.462. The highest BCUT2D eigenvalue weighted by Gasteiger charge is 2.50. The summed E-state index contributed by atoms with van der Waals surface area (Å²) < 4.78 is 7.40. The molecule has 2 aliphatic rings. The normalized spacial score (nSPS) is 22.4. The summed E-state index contributed by atoms with van der Waals surface area (Å²) in [6, 6.07) is 4.66. The van der Waals surface area contributed by atoms with E-state index in [2.05, 4.69) is 27.0 Å². The van der Waals surface area contributed by atoms with Crippen molar-refractivity contribution in [1.82, 2.24) is 14.8 Å². The molecule has 17 heavy (non-hydrogen) atoms. The number of H-pyrrole nitrogens is 1. The minimum Gasteiger partial charge on any atom is -0.380 e. The molecule has 2 aromatic heterocycles. The third-order valence-electron chi connectivity index (χ3n) is 4.04. The molecule has 4 nitrogen and oxygen atoms in total. The molecule has 0 unspecified atom stereocenters. The van der Waals surface area contributed by atoms with Crippen molar-refractivity contribution in [2.75, 3.05) is 13.2 Å². The van der Waals surface area contributed by atoms with E-state index in [0.29, 0.717) is 11.5 Å². The Morgan fingerprint density at radius 3 is 2.94 bits per heavy atom. The molecule has 0 bridgehead atoms. The molecule has 2 aromatic rings. The molecule has 1 saturated heterocycles. The number of hydrogen-bond acceptors (Lipinski definition) is 2. The molecule has 4 heteroatoms. The van der Waals surface area contributed by atoms with Crippen LogP contribution in [-0.4, -0.2) is 28.0 Å². The van der Waals surface area contributed by atoms with Gasteiger partial charge in [-0.05, 0) is 25.0 Å². The molecule has 0 amide bonds. The molecule has 0 atom stereocenters. The molecule has 1 aliphatic heterocycles. The van der Waals surface area contributed by atoms with Gasteiger partial charge in [0.15, 0.2) is 0 Å². The molecule has 1 spiro atoms. The molecule has 88 valence electrons. The zero-order valence-electron chi connectivity index (χ0n) is 9.60. The standard InChI is InChI=1S/C13H15N3O/c1-2-12(14-3-1)10-6-15-16(7-10)11-4-13(5-11)8-17-9-13/h1-3,6-7,11,14H,4-5,8-9H2. The van der Waals surface area contributed by atoms with Gasteiger partial charge in [-0.15, -0.1) is 0 Å². The van der Waals surface area contributed by atoms with Crippen molar-refractivity contribution in [3.8, 4) is 11.3 Å². The Kier molecular flexibility index (Phi) is 1.80. The minimum atomic E-state index is 0.503. The van der Waals surface area contributed by atoms with E-state index in [-0.39, 0.29) is 0 Å². The molecule has 4 rings (SSSR count). The van der Waals surface area contributed by atoms with Crippen molar-refractivity contribution in [3.63, 3.8) is 0 Å². The molecule has 2 fully saturated rings. The van der Waals surface area contributed by atoms with Gasteiger partial charge in [0.2, 0.25) is 0 Å². The summed E-state index contributed by atoms with van der Waals surface area (Å²) in [5, 5.41) is 4.47. The average molecular weight is 229 g/mol. The highest BCUT2D eigenvalue weighted by atomic mass is 16.5.